The molecule has 1 aliphatic rings. The number of aromatic amines is 1. The summed E-state index contributed by atoms with van der Waals surface area (Å²) in [5.74, 6) is -0.722. The van der Waals surface area contributed by atoms with Gasteiger partial charge < -0.3 is 25.7 Å². The van der Waals surface area contributed by atoms with E-state index in [0.717, 1.165) is 17.3 Å². The number of aromatic nitrogens is 1. The van der Waals surface area contributed by atoms with E-state index >= 15 is 0 Å². The van der Waals surface area contributed by atoms with Crippen LogP contribution >= 0.6 is 0 Å². The third-order valence-electron chi connectivity index (χ3n) is 6.26. The average molecular weight is 471 g/mol. The second-order valence-electron chi connectivity index (χ2n) is 8.67. The Labute approximate surface area is 199 Å². The molecule has 0 aliphatic carbocycles. The molecule has 3 rings (SSSR count). The maximum absolute atomic E-state index is 13.1. The SMILES string of the molecule is CCC[C@H](NC(=O)c1cc2c(OC)cccc2[nH]1)C(=O)N[C@@H](C[C@@H]1CCCNC1=O)C(=O)CC. The van der Waals surface area contributed by atoms with E-state index < -0.39 is 23.9 Å². The van der Waals surface area contributed by atoms with Crippen LogP contribution in [0.25, 0.3) is 10.9 Å². The van der Waals surface area contributed by atoms with Crippen molar-refractivity contribution >= 4 is 34.4 Å². The Kier molecular flexibility index (Phi) is 8.67. The first kappa shape index (κ1) is 25.3. The summed E-state index contributed by atoms with van der Waals surface area (Å²) in [5.41, 5.74) is 1.06. The number of fused-ring (bicyclic) bond motifs is 1. The predicted molar refractivity (Wildman–Crippen MR) is 129 cm³/mol. The number of piperidine rings is 1. The lowest BCUT2D eigenvalue weighted by molar-refractivity contribution is -0.131. The number of nitrogens with one attached hydrogen (secondary N) is 4. The number of Topliss-reactive ketones (excluding diaryl/α,β-unsaturated/α-hetero) is 1. The van der Waals surface area contributed by atoms with Gasteiger partial charge in [-0.3, -0.25) is 19.2 Å². The van der Waals surface area contributed by atoms with Crippen LogP contribution < -0.4 is 20.7 Å². The van der Waals surface area contributed by atoms with Crippen molar-refractivity contribution in [1.82, 2.24) is 20.9 Å². The first-order chi connectivity index (χ1) is 16.4. The van der Waals surface area contributed by atoms with E-state index in [2.05, 4.69) is 20.9 Å². The minimum Gasteiger partial charge on any atom is -0.496 e. The molecule has 9 heteroatoms. The van der Waals surface area contributed by atoms with Crippen LogP contribution in [0.5, 0.6) is 5.75 Å². The highest BCUT2D eigenvalue weighted by Crippen LogP contribution is 2.26. The lowest BCUT2D eigenvalue weighted by Crippen LogP contribution is -2.52. The van der Waals surface area contributed by atoms with Gasteiger partial charge in [-0.25, -0.2) is 0 Å². The maximum Gasteiger partial charge on any atom is 0.268 e. The molecule has 0 bridgehead atoms. The largest absolute Gasteiger partial charge is 0.496 e. The molecule has 0 radical (unpaired) electrons. The van der Waals surface area contributed by atoms with Gasteiger partial charge in [0.2, 0.25) is 11.8 Å². The third kappa shape index (κ3) is 5.95. The van der Waals surface area contributed by atoms with Gasteiger partial charge in [0.25, 0.3) is 5.91 Å². The Morgan fingerprint density at radius 2 is 1.97 bits per heavy atom. The molecule has 1 aliphatic heterocycles. The Morgan fingerprint density at radius 3 is 2.65 bits per heavy atom. The fraction of sp³-hybridized carbons (Fsp3) is 0.520. The number of amides is 3. The predicted octanol–water partition coefficient (Wildman–Crippen LogP) is 2.46. The fourth-order valence-electron chi connectivity index (χ4n) is 4.36. The van der Waals surface area contributed by atoms with Crippen LogP contribution in [0.4, 0.5) is 0 Å². The second-order valence-corrected chi connectivity index (χ2v) is 8.67. The Balaban J connectivity index is 1.72. The van der Waals surface area contributed by atoms with Gasteiger partial charge >= 0.3 is 0 Å². The normalized spacial score (nSPS) is 17.5. The molecule has 2 heterocycles. The van der Waals surface area contributed by atoms with Crippen molar-refractivity contribution in [2.75, 3.05) is 13.7 Å². The third-order valence-corrected chi connectivity index (χ3v) is 6.26. The molecule has 184 valence electrons. The van der Waals surface area contributed by atoms with Gasteiger partial charge in [0.1, 0.15) is 17.5 Å². The van der Waals surface area contributed by atoms with Crippen molar-refractivity contribution in [3.63, 3.8) is 0 Å². The van der Waals surface area contributed by atoms with E-state index in [1.165, 1.54) is 0 Å². The lowest BCUT2D eigenvalue weighted by atomic mass is 9.89. The van der Waals surface area contributed by atoms with Gasteiger partial charge in [-0.05, 0) is 43.9 Å². The van der Waals surface area contributed by atoms with Crippen molar-refractivity contribution in [1.29, 1.82) is 0 Å². The number of ether oxygens (including phenoxy) is 1. The van der Waals surface area contributed by atoms with Gasteiger partial charge in [-0.2, -0.15) is 0 Å². The number of benzene rings is 1. The van der Waals surface area contributed by atoms with Gasteiger partial charge in [-0.15, -0.1) is 0 Å². The van der Waals surface area contributed by atoms with E-state index in [0.29, 0.717) is 37.3 Å². The van der Waals surface area contributed by atoms with Gasteiger partial charge in [0, 0.05) is 29.8 Å². The van der Waals surface area contributed by atoms with E-state index in [1.54, 1.807) is 20.1 Å². The molecule has 9 nitrogen and oxygen atoms in total. The van der Waals surface area contributed by atoms with Gasteiger partial charge in [-0.1, -0.05) is 26.3 Å². The van der Waals surface area contributed by atoms with Gasteiger partial charge in [0.05, 0.1) is 13.2 Å². The van der Waals surface area contributed by atoms with Crippen LogP contribution in [0.15, 0.2) is 24.3 Å². The van der Waals surface area contributed by atoms with Crippen molar-refractivity contribution in [2.24, 2.45) is 5.92 Å². The molecule has 1 aromatic heterocycles. The number of carbonyl (C=O) groups excluding carboxylic acids is 4. The standard InChI is InChI=1S/C25H34N4O5/c1-4-8-18(28-25(33)20-14-16-17(27-20)10-6-11-22(16)34-3)24(32)29-19(21(30)5-2)13-15-9-7-12-26-23(15)31/h6,10-11,14-15,18-19,27H,4-5,7-9,12-13H2,1-3H3,(H,26,31)(H,28,33)(H,29,32)/t15-,18-,19-/m0/s1. The quantitative estimate of drug-likeness (QED) is 0.401. The highest BCUT2D eigenvalue weighted by atomic mass is 16.5. The Bertz CT molecular complexity index is 1050. The van der Waals surface area contributed by atoms with E-state index in [4.69, 9.17) is 4.74 Å². The van der Waals surface area contributed by atoms with Crippen molar-refractivity contribution in [2.45, 2.75) is 64.5 Å². The fourth-order valence-corrected chi connectivity index (χ4v) is 4.36. The van der Waals surface area contributed by atoms with E-state index in [1.807, 2.05) is 25.1 Å². The minimum absolute atomic E-state index is 0.0814. The molecule has 1 aromatic carbocycles. The number of hydrogen-bond acceptors (Lipinski definition) is 5. The molecule has 0 spiro atoms. The number of H-pyrrole nitrogens is 1. The molecule has 2 aromatic rings. The average Bonchev–Trinajstić information content (AvgIpc) is 3.28. The van der Waals surface area contributed by atoms with Crippen LogP contribution in [-0.2, 0) is 14.4 Å². The highest BCUT2D eigenvalue weighted by molar-refractivity contribution is 6.02. The van der Waals surface area contributed by atoms with Crippen LogP contribution in [-0.4, -0.2) is 54.2 Å². The zero-order valence-corrected chi connectivity index (χ0v) is 20.0. The molecule has 4 N–H and O–H groups in total. The molecule has 0 saturated carbocycles. The molecule has 34 heavy (non-hydrogen) atoms. The molecule has 3 amide bonds. The summed E-state index contributed by atoms with van der Waals surface area (Å²) < 4.78 is 5.35. The van der Waals surface area contributed by atoms with Crippen LogP contribution in [0.2, 0.25) is 0 Å². The Hall–Kier alpha value is -3.36. The summed E-state index contributed by atoms with van der Waals surface area (Å²) in [4.78, 5) is 53.9. The molecular weight excluding hydrogens is 436 g/mol. The molecule has 3 atom stereocenters. The number of rotatable bonds is 11. The summed E-state index contributed by atoms with van der Waals surface area (Å²) >= 11 is 0. The first-order valence-corrected chi connectivity index (χ1v) is 11.9. The van der Waals surface area contributed by atoms with Crippen LogP contribution in [0, 0.1) is 5.92 Å². The topological polar surface area (TPSA) is 129 Å². The molecule has 1 saturated heterocycles. The lowest BCUT2D eigenvalue weighted by Gasteiger charge is -2.27. The molecular formula is C25H34N4O5. The minimum atomic E-state index is -0.807. The van der Waals surface area contributed by atoms with Crippen LogP contribution in [0.3, 0.4) is 0 Å². The summed E-state index contributed by atoms with van der Waals surface area (Å²) in [5, 5.41) is 9.19. The molecule has 1 fully saturated rings. The summed E-state index contributed by atoms with van der Waals surface area (Å²) in [6.45, 7) is 4.29. The number of ketones is 1. The smallest absolute Gasteiger partial charge is 0.268 e. The van der Waals surface area contributed by atoms with Crippen molar-refractivity contribution < 1.29 is 23.9 Å². The van der Waals surface area contributed by atoms with E-state index in [9.17, 15) is 19.2 Å². The zero-order valence-electron chi connectivity index (χ0n) is 20.0. The summed E-state index contributed by atoms with van der Waals surface area (Å²) in [7, 11) is 1.56. The summed E-state index contributed by atoms with van der Waals surface area (Å²) in [6, 6.07) is 5.59. The van der Waals surface area contributed by atoms with Gasteiger partial charge in [0.15, 0.2) is 5.78 Å². The van der Waals surface area contributed by atoms with Crippen molar-refractivity contribution in [3.8, 4) is 5.75 Å². The monoisotopic (exact) mass is 470 g/mol. The highest BCUT2D eigenvalue weighted by Gasteiger charge is 2.31. The second kappa shape index (κ2) is 11.7. The number of methoxy groups -OCH3 is 1. The maximum atomic E-state index is 13.1. The number of carbonyl (C=O) groups is 4. The summed E-state index contributed by atoms with van der Waals surface area (Å²) in [6.07, 6.45) is 3.13. The van der Waals surface area contributed by atoms with E-state index in [-0.39, 0.29) is 30.4 Å². The first-order valence-electron chi connectivity index (χ1n) is 11.9. The zero-order chi connectivity index (χ0) is 24.7. The van der Waals surface area contributed by atoms with Crippen LogP contribution in [0.1, 0.15) is 62.9 Å². The van der Waals surface area contributed by atoms with Crippen molar-refractivity contribution in [3.05, 3.63) is 30.0 Å². The Morgan fingerprint density at radius 1 is 1.18 bits per heavy atom. The molecule has 0 unspecified atom stereocenters. The number of hydrogen-bond donors (Lipinski definition) is 4.